The first-order valence-corrected chi connectivity index (χ1v) is 8.35. The van der Waals surface area contributed by atoms with Crippen LogP contribution in [0.15, 0.2) is 48.8 Å². The number of nitrogens with zero attached hydrogens (tertiary/aromatic N) is 3. The van der Waals surface area contributed by atoms with E-state index in [1.54, 1.807) is 24.2 Å². The van der Waals surface area contributed by atoms with Crippen molar-refractivity contribution in [3.05, 3.63) is 65.5 Å². The second-order valence-corrected chi connectivity index (χ2v) is 6.41. The van der Waals surface area contributed by atoms with Crippen LogP contribution in [0.5, 0.6) is 5.88 Å². The van der Waals surface area contributed by atoms with Crippen molar-refractivity contribution >= 4 is 16.8 Å². The predicted octanol–water partition coefficient (Wildman–Crippen LogP) is 3.25. The summed E-state index contributed by atoms with van der Waals surface area (Å²) in [6.07, 6.45) is 2.95. The standard InChI is InChI=1S/C20H19N3O2/c1-13-5-3-7-16-9-17-12-23(11-15-6-4-8-21-10-15)20(24)14(2)25-19(17)22-18(13)16/h3-10,14H,11-12H2,1-2H3/t14-/m0/s1. The molecule has 4 rings (SSSR count). The molecule has 1 aliphatic heterocycles. The van der Waals surface area contributed by atoms with Gasteiger partial charge >= 0.3 is 0 Å². The average molecular weight is 333 g/mol. The SMILES string of the molecule is Cc1cccc2cc3c(nc12)O[C@@H](C)C(=O)N(Cc1cccnc1)C3. The minimum absolute atomic E-state index is 0.0392. The molecule has 3 heterocycles. The number of rotatable bonds is 2. The van der Waals surface area contributed by atoms with Crippen LogP contribution in [-0.2, 0) is 17.9 Å². The van der Waals surface area contributed by atoms with Gasteiger partial charge in [-0.1, -0.05) is 24.3 Å². The van der Waals surface area contributed by atoms with E-state index in [-0.39, 0.29) is 5.91 Å². The van der Waals surface area contributed by atoms with E-state index >= 15 is 0 Å². The van der Waals surface area contributed by atoms with Crippen molar-refractivity contribution < 1.29 is 9.53 Å². The molecule has 126 valence electrons. The maximum absolute atomic E-state index is 12.7. The van der Waals surface area contributed by atoms with Crippen molar-refractivity contribution in [1.82, 2.24) is 14.9 Å². The summed E-state index contributed by atoms with van der Waals surface area (Å²) in [6.45, 7) is 4.79. The largest absolute Gasteiger partial charge is 0.464 e. The first-order chi connectivity index (χ1) is 12.1. The van der Waals surface area contributed by atoms with Crippen molar-refractivity contribution in [2.75, 3.05) is 0 Å². The number of carbonyl (C=O) groups excluding carboxylic acids is 1. The molecule has 3 aromatic rings. The highest BCUT2D eigenvalue weighted by Crippen LogP contribution is 2.29. The molecule has 0 saturated carbocycles. The third kappa shape index (κ3) is 2.93. The van der Waals surface area contributed by atoms with Crippen LogP contribution in [0, 0.1) is 6.92 Å². The zero-order valence-electron chi connectivity index (χ0n) is 14.3. The van der Waals surface area contributed by atoms with Gasteiger partial charge in [-0.25, -0.2) is 4.98 Å². The molecule has 5 heteroatoms. The van der Waals surface area contributed by atoms with Gasteiger partial charge < -0.3 is 9.64 Å². The van der Waals surface area contributed by atoms with Gasteiger partial charge in [0.25, 0.3) is 5.91 Å². The van der Waals surface area contributed by atoms with Crippen LogP contribution in [-0.4, -0.2) is 26.9 Å². The molecule has 1 atom stereocenters. The fourth-order valence-corrected chi connectivity index (χ4v) is 3.19. The van der Waals surface area contributed by atoms with E-state index in [9.17, 15) is 4.79 Å². The molecule has 0 radical (unpaired) electrons. The molecule has 0 spiro atoms. The molecule has 0 fully saturated rings. The third-order valence-electron chi connectivity index (χ3n) is 4.49. The summed E-state index contributed by atoms with van der Waals surface area (Å²) in [5, 5.41) is 1.06. The van der Waals surface area contributed by atoms with E-state index in [2.05, 4.69) is 16.0 Å². The van der Waals surface area contributed by atoms with Gasteiger partial charge in [0.05, 0.1) is 12.1 Å². The highest BCUT2D eigenvalue weighted by atomic mass is 16.5. The van der Waals surface area contributed by atoms with Gasteiger partial charge in [-0.15, -0.1) is 0 Å². The molecule has 25 heavy (non-hydrogen) atoms. The zero-order chi connectivity index (χ0) is 17.4. The number of ether oxygens (including phenoxy) is 1. The Balaban J connectivity index is 1.75. The monoisotopic (exact) mass is 333 g/mol. The lowest BCUT2D eigenvalue weighted by Crippen LogP contribution is -2.37. The van der Waals surface area contributed by atoms with Crippen LogP contribution in [0.25, 0.3) is 10.9 Å². The lowest BCUT2D eigenvalue weighted by Gasteiger charge is -2.22. The summed E-state index contributed by atoms with van der Waals surface area (Å²) >= 11 is 0. The number of pyridine rings is 2. The number of fused-ring (bicyclic) bond motifs is 2. The summed E-state index contributed by atoms with van der Waals surface area (Å²) in [4.78, 5) is 23.4. The third-order valence-corrected chi connectivity index (χ3v) is 4.49. The fraction of sp³-hybridized carbons (Fsp3) is 0.250. The van der Waals surface area contributed by atoms with Crippen molar-refractivity contribution in [1.29, 1.82) is 0 Å². The Hall–Kier alpha value is -2.95. The molecule has 0 saturated heterocycles. The Bertz CT molecular complexity index is 940. The summed E-state index contributed by atoms with van der Waals surface area (Å²) in [5.41, 5.74) is 3.94. The van der Waals surface area contributed by atoms with Crippen molar-refractivity contribution in [2.24, 2.45) is 0 Å². The van der Waals surface area contributed by atoms with Crippen molar-refractivity contribution in [3.8, 4) is 5.88 Å². The van der Waals surface area contributed by atoms with Crippen molar-refractivity contribution in [2.45, 2.75) is 33.0 Å². The molecular weight excluding hydrogens is 314 g/mol. The summed E-state index contributed by atoms with van der Waals surface area (Å²) in [6, 6.07) is 12.0. The number of benzene rings is 1. The number of aryl methyl sites for hydroxylation is 1. The molecular formula is C20H19N3O2. The molecule has 5 nitrogen and oxygen atoms in total. The molecule has 0 bridgehead atoms. The number of hydrogen-bond acceptors (Lipinski definition) is 4. The van der Waals surface area contributed by atoms with E-state index in [0.717, 1.165) is 27.6 Å². The number of para-hydroxylation sites is 1. The smallest absolute Gasteiger partial charge is 0.264 e. The van der Waals surface area contributed by atoms with Crippen LogP contribution < -0.4 is 4.74 Å². The zero-order valence-corrected chi connectivity index (χ0v) is 14.3. The van der Waals surface area contributed by atoms with Crippen LogP contribution in [0.4, 0.5) is 0 Å². The maximum Gasteiger partial charge on any atom is 0.264 e. The number of hydrogen-bond donors (Lipinski definition) is 0. The average Bonchev–Trinajstić information content (AvgIpc) is 2.72. The second-order valence-electron chi connectivity index (χ2n) is 6.41. The number of aromatic nitrogens is 2. The Morgan fingerprint density at radius 2 is 2.16 bits per heavy atom. The molecule has 2 aromatic heterocycles. The topological polar surface area (TPSA) is 55.3 Å². The second kappa shape index (κ2) is 6.16. The Morgan fingerprint density at radius 1 is 1.28 bits per heavy atom. The van der Waals surface area contributed by atoms with Crippen LogP contribution in [0.3, 0.4) is 0 Å². The maximum atomic E-state index is 12.7. The normalized spacial score (nSPS) is 17.1. The van der Waals surface area contributed by atoms with Crippen LogP contribution >= 0.6 is 0 Å². The molecule has 1 aromatic carbocycles. The van der Waals surface area contributed by atoms with E-state index < -0.39 is 6.10 Å². The molecule has 1 aliphatic rings. The van der Waals surface area contributed by atoms with Crippen LogP contribution in [0.1, 0.15) is 23.6 Å². The van der Waals surface area contributed by atoms with Crippen molar-refractivity contribution in [3.63, 3.8) is 0 Å². The van der Waals surface area contributed by atoms with Gasteiger partial charge in [0.2, 0.25) is 5.88 Å². The van der Waals surface area contributed by atoms with Gasteiger partial charge in [-0.05, 0) is 37.1 Å². The summed E-state index contributed by atoms with van der Waals surface area (Å²) < 4.78 is 5.88. The minimum atomic E-state index is -0.563. The van der Waals surface area contributed by atoms with Gasteiger partial charge in [0.15, 0.2) is 6.10 Å². The lowest BCUT2D eigenvalue weighted by atomic mass is 10.1. The number of amides is 1. The quantitative estimate of drug-likeness (QED) is 0.722. The predicted molar refractivity (Wildman–Crippen MR) is 95.1 cm³/mol. The lowest BCUT2D eigenvalue weighted by molar-refractivity contribution is -0.138. The van der Waals surface area contributed by atoms with E-state index in [4.69, 9.17) is 4.74 Å². The molecule has 1 amide bonds. The van der Waals surface area contributed by atoms with E-state index in [0.29, 0.717) is 19.0 Å². The fourth-order valence-electron chi connectivity index (χ4n) is 3.19. The van der Waals surface area contributed by atoms with Gasteiger partial charge in [-0.2, -0.15) is 0 Å². The molecule has 0 unspecified atom stereocenters. The van der Waals surface area contributed by atoms with Crippen LogP contribution in [0.2, 0.25) is 0 Å². The number of carbonyl (C=O) groups is 1. The van der Waals surface area contributed by atoms with E-state index in [1.165, 1.54) is 0 Å². The summed E-state index contributed by atoms with van der Waals surface area (Å²) in [5.74, 6) is 0.513. The minimum Gasteiger partial charge on any atom is -0.464 e. The highest BCUT2D eigenvalue weighted by molar-refractivity contribution is 5.85. The van der Waals surface area contributed by atoms with E-state index in [1.807, 2.05) is 37.3 Å². The highest BCUT2D eigenvalue weighted by Gasteiger charge is 2.29. The van der Waals surface area contributed by atoms with Gasteiger partial charge in [0, 0.05) is 29.9 Å². The van der Waals surface area contributed by atoms with Gasteiger partial charge in [-0.3, -0.25) is 9.78 Å². The molecule has 0 aliphatic carbocycles. The molecule has 0 N–H and O–H groups in total. The Morgan fingerprint density at radius 3 is 2.96 bits per heavy atom. The summed E-state index contributed by atoms with van der Waals surface area (Å²) in [7, 11) is 0. The Kier molecular flexibility index (Phi) is 3.84. The first kappa shape index (κ1) is 15.6. The first-order valence-electron chi connectivity index (χ1n) is 8.35. The Labute approximate surface area is 146 Å². The van der Waals surface area contributed by atoms with Gasteiger partial charge in [0.1, 0.15) is 0 Å².